The van der Waals surface area contributed by atoms with E-state index in [9.17, 15) is 4.79 Å². The van der Waals surface area contributed by atoms with Crippen molar-refractivity contribution in [2.45, 2.75) is 90.3 Å². The van der Waals surface area contributed by atoms with E-state index >= 15 is 0 Å². The van der Waals surface area contributed by atoms with Crippen LogP contribution >= 0.6 is 0 Å². The SMILES string of the molecule is Cc1cc(N2CCc3c(c(C)nn3CC34CCC(NC(=O)[C@H]5CCCOC5)(CC3)CC4)C2)c2cnn(C)c2n1. The number of hydrogen-bond acceptors (Lipinski definition) is 6. The van der Waals surface area contributed by atoms with Crippen molar-refractivity contribution in [1.29, 1.82) is 0 Å². The maximum Gasteiger partial charge on any atom is 0.225 e. The Labute approximate surface area is 230 Å². The van der Waals surface area contributed by atoms with Gasteiger partial charge in [-0.15, -0.1) is 0 Å². The Hall–Kier alpha value is -2.94. The Bertz CT molecular complexity index is 1390. The number of fused-ring (bicyclic) bond motifs is 5. The first-order valence-electron chi connectivity index (χ1n) is 14.8. The summed E-state index contributed by atoms with van der Waals surface area (Å²) in [6.45, 7) is 8.47. The second-order valence-corrected chi connectivity index (χ2v) is 12.8. The van der Waals surface area contributed by atoms with Crippen LogP contribution in [0, 0.1) is 25.2 Å². The number of carbonyl (C=O) groups excluding carboxylic acids is 1. The number of ether oxygens (including phenoxy) is 1. The third-order valence-electron chi connectivity index (χ3n) is 10.3. The first-order chi connectivity index (χ1) is 18.8. The highest BCUT2D eigenvalue weighted by atomic mass is 16.5. The molecule has 2 aliphatic heterocycles. The summed E-state index contributed by atoms with van der Waals surface area (Å²) in [5.74, 6) is 0.253. The lowest BCUT2D eigenvalue weighted by molar-refractivity contribution is -0.133. The molecule has 4 fully saturated rings. The molecule has 5 heterocycles. The van der Waals surface area contributed by atoms with Crippen molar-refractivity contribution in [1.82, 2.24) is 29.9 Å². The topological polar surface area (TPSA) is 90.1 Å². The maximum absolute atomic E-state index is 13.0. The van der Waals surface area contributed by atoms with Gasteiger partial charge in [0.05, 0.1) is 35.5 Å². The van der Waals surface area contributed by atoms with Gasteiger partial charge in [-0.1, -0.05) is 0 Å². The summed E-state index contributed by atoms with van der Waals surface area (Å²) in [4.78, 5) is 20.2. The van der Waals surface area contributed by atoms with Crippen molar-refractivity contribution in [3.63, 3.8) is 0 Å². The molecule has 5 aliphatic rings. The predicted octanol–water partition coefficient (Wildman–Crippen LogP) is 3.98. The number of rotatable bonds is 5. The summed E-state index contributed by atoms with van der Waals surface area (Å²) in [5, 5.41) is 14.2. The lowest BCUT2D eigenvalue weighted by atomic mass is 9.57. The minimum atomic E-state index is -0.00343. The summed E-state index contributed by atoms with van der Waals surface area (Å²) in [6.07, 6.45) is 11.7. The molecule has 9 heteroatoms. The van der Waals surface area contributed by atoms with Crippen molar-refractivity contribution in [2.75, 3.05) is 24.7 Å². The Morgan fingerprint density at radius 3 is 2.72 bits per heavy atom. The number of amides is 1. The van der Waals surface area contributed by atoms with E-state index in [1.165, 1.54) is 36.2 Å². The smallest absolute Gasteiger partial charge is 0.225 e. The van der Waals surface area contributed by atoms with Gasteiger partial charge in [-0.2, -0.15) is 10.2 Å². The van der Waals surface area contributed by atoms with Gasteiger partial charge >= 0.3 is 0 Å². The molecule has 0 aromatic carbocycles. The molecule has 3 aromatic rings. The second-order valence-electron chi connectivity index (χ2n) is 12.8. The minimum absolute atomic E-state index is 0.00343. The Kier molecular flexibility index (Phi) is 5.99. The number of carbonyl (C=O) groups is 1. The van der Waals surface area contributed by atoms with Gasteiger partial charge in [-0.05, 0) is 76.7 Å². The van der Waals surface area contributed by atoms with E-state index in [4.69, 9.17) is 14.8 Å². The van der Waals surface area contributed by atoms with Crippen LogP contribution in [0.25, 0.3) is 11.0 Å². The molecule has 0 unspecified atom stereocenters. The van der Waals surface area contributed by atoms with Gasteiger partial charge in [0, 0.05) is 62.2 Å². The first kappa shape index (κ1) is 25.1. The summed E-state index contributed by atoms with van der Waals surface area (Å²) < 4.78 is 9.80. The van der Waals surface area contributed by atoms with Gasteiger partial charge in [0.1, 0.15) is 0 Å². The highest BCUT2D eigenvalue weighted by Crippen LogP contribution is 2.53. The van der Waals surface area contributed by atoms with Gasteiger partial charge in [-0.3, -0.25) is 14.2 Å². The summed E-state index contributed by atoms with van der Waals surface area (Å²) in [6, 6.07) is 2.20. The van der Waals surface area contributed by atoms with Crippen molar-refractivity contribution in [2.24, 2.45) is 18.4 Å². The van der Waals surface area contributed by atoms with Gasteiger partial charge in [0.15, 0.2) is 5.65 Å². The van der Waals surface area contributed by atoms with E-state index in [1.54, 1.807) is 0 Å². The van der Waals surface area contributed by atoms with E-state index in [0.717, 1.165) is 87.2 Å². The number of nitrogens with one attached hydrogen (secondary N) is 1. The highest BCUT2D eigenvalue weighted by molar-refractivity contribution is 5.89. The third kappa shape index (κ3) is 4.33. The molecule has 2 bridgehead atoms. The van der Waals surface area contributed by atoms with Crippen LogP contribution in [0.5, 0.6) is 0 Å². The monoisotopic (exact) mass is 531 g/mol. The van der Waals surface area contributed by atoms with Gasteiger partial charge in [0.2, 0.25) is 5.91 Å². The van der Waals surface area contributed by atoms with E-state index in [2.05, 4.69) is 39.9 Å². The predicted molar refractivity (Wildman–Crippen MR) is 150 cm³/mol. The lowest BCUT2D eigenvalue weighted by Gasteiger charge is -2.54. The van der Waals surface area contributed by atoms with E-state index in [1.807, 2.05) is 17.9 Å². The van der Waals surface area contributed by atoms with Crippen LogP contribution in [0.15, 0.2) is 12.3 Å². The van der Waals surface area contributed by atoms with E-state index in [-0.39, 0.29) is 17.4 Å². The highest BCUT2D eigenvalue weighted by Gasteiger charge is 2.50. The average Bonchev–Trinajstić information content (AvgIpc) is 3.48. The fourth-order valence-electron chi connectivity index (χ4n) is 7.80. The molecule has 0 spiro atoms. The summed E-state index contributed by atoms with van der Waals surface area (Å²) in [7, 11) is 1.96. The van der Waals surface area contributed by atoms with E-state index < -0.39 is 0 Å². The zero-order chi connectivity index (χ0) is 26.8. The van der Waals surface area contributed by atoms with Gasteiger partial charge in [-0.25, -0.2) is 4.98 Å². The quantitative estimate of drug-likeness (QED) is 0.536. The van der Waals surface area contributed by atoms with Crippen molar-refractivity contribution >= 4 is 22.6 Å². The molecular formula is C30H41N7O2. The molecule has 0 radical (unpaired) electrons. The summed E-state index contributed by atoms with van der Waals surface area (Å²) in [5.41, 5.74) is 7.43. The minimum Gasteiger partial charge on any atom is -0.381 e. The molecule has 39 heavy (non-hydrogen) atoms. The molecule has 3 aromatic heterocycles. The van der Waals surface area contributed by atoms with Gasteiger partial charge in [0.25, 0.3) is 0 Å². The largest absolute Gasteiger partial charge is 0.381 e. The van der Waals surface area contributed by atoms with Crippen molar-refractivity contribution in [3.8, 4) is 0 Å². The molecule has 8 rings (SSSR count). The fourth-order valence-corrected chi connectivity index (χ4v) is 7.80. The normalized spacial score (nSPS) is 28.6. The number of hydrogen-bond donors (Lipinski definition) is 1. The van der Waals surface area contributed by atoms with Crippen LogP contribution in [-0.4, -0.2) is 55.7 Å². The Morgan fingerprint density at radius 2 is 1.97 bits per heavy atom. The number of pyridine rings is 1. The molecule has 3 saturated carbocycles. The van der Waals surface area contributed by atoms with Crippen LogP contribution in [-0.2, 0) is 36.1 Å². The molecule has 3 aliphatic carbocycles. The molecule has 1 saturated heterocycles. The molecule has 9 nitrogen and oxygen atoms in total. The summed E-state index contributed by atoms with van der Waals surface area (Å²) >= 11 is 0. The molecule has 1 amide bonds. The average molecular weight is 532 g/mol. The van der Waals surface area contributed by atoms with Crippen LogP contribution in [0.2, 0.25) is 0 Å². The second kappa shape index (κ2) is 9.32. The number of aryl methyl sites for hydroxylation is 3. The Balaban J connectivity index is 1.05. The molecule has 208 valence electrons. The fraction of sp³-hybridized carbons (Fsp3) is 0.667. The van der Waals surface area contributed by atoms with Crippen LogP contribution < -0.4 is 10.2 Å². The maximum atomic E-state index is 13.0. The van der Waals surface area contributed by atoms with Crippen LogP contribution in [0.1, 0.15) is 74.0 Å². The molecule has 1 N–H and O–H groups in total. The van der Waals surface area contributed by atoms with Gasteiger partial charge < -0.3 is 15.0 Å². The number of aromatic nitrogens is 5. The van der Waals surface area contributed by atoms with E-state index in [0.29, 0.717) is 12.0 Å². The van der Waals surface area contributed by atoms with Crippen molar-refractivity contribution < 1.29 is 9.53 Å². The zero-order valence-corrected chi connectivity index (χ0v) is 23.6. The molecular weight excluding hydrogens is 490 g/mol. The standard InChI is InChI=1S/C30H41N7O2/c1-20-15-26(23-16-31-35(3)27(23)32-20)36-13-6-25-24(17-36)21(2)34-37(25)19-29-7-10-30(11-8-29,12-9-29)33-28(38)22-5-4-14-39-18-22/h15-16,22H,4-14,17-19H2,1-3H3,(H,33,38)/t22-,29?,30?/m0/s1. The number of anilines is 1. The first-order valence-corrected chi connectivity index (χ1v) is 14.8. The van der Waals surface area contributed by atoms with Crippen LogP contribution in [0.4, 0.5) is 5.69 Å². The zero-order valence-electron chi connectivity index (χ0n) is 23.6. The van der Waals surface area contributed by atoms with Crippen molar-refractivity contribution in [3.05, 3.63) is 34.9 Å². The molecule has 1 atom stereocenters. The Morgan fingerprint density at radius 1 is 1.18 bits per heavy atom. The van der Waals surface area contributed by atoms with Crippen LogP contribution in [0.3, 0.4) is 0 Å². The number of nitrogens with zero attached hydrogens (tertiary/aromatic N) is 6. The lowest BCUT2D eigenvalue weighted by Crippen LogP contribution is -2.58. The third-order valence-corrected chi connectivity index (χ3v) is 10.3.